The molecule has 0 amide bonds. The van der Waals surface area contributed by atoms with Crippen LogP contribution in [-0.4, -0.2) is 29.8 Å². The van der Waals surface area contributed by atoms with Gasteiger partial charge in [-0.05, 0) is 32.9 Å². The van der Waals surface area contributed by atoms with Crippen molar-refractivity contribution in [3.05, 3.63) is 30.1 Å². The van der Waals surface area contributed by atoms with Gasteiger partial charge in [0.05, 0.1) is 19.6 Å². The Morgan fingerprint density at radius 2 is 2.06 bits per heavy atom. The van der Waals surface area contributed by atoms with Crippen molar-refractivity contribution in [1.29, 1.82) is 0 Å². The van der Waals surface area contributed by atoms with Crippen LogP contribution in [0.5, 0.6) is 0 Å². The van der Waals surface area contributed by atoms with E-state index in [0.29, 0.717) is 19.6 Å². The fourth-order valence-electron chi connectivity index (χ4n) is 1.37. The number of pyridine rings is 1. The number of carbonyl (C=O) groups is 1. The third-order valence-corrected chi connectivity index (χ3v) is 2.10. The molecule has 0 saturated carbocycles. The highest BCUT2D eigenvalue weighted by atomic mass is 16.6. The van der Waals surface area contributed by atoms with E-state index in [1.165, 1.54) is 0 Å². The average molecular weight is 251 g/mol. The lowest BCUT2D eigenvalue weighted by Gasteiger charge is -2.19. The Hall–Kier alpha value is -1.42. The molecule has 0 unspecified atom stereocenters. The summed E-state index contributed by atoms with van der Waals surface area (Å²) in [7, 11) is 0. The van der Waals surface area contributed by atoms with Crippen LogP contribution in [0.3, 0.4) is 0 Å². The fourth-order valence-corrected chi connectivity index (χ4v) is 1.37. The van der Waals surface area contributed by atoms with E-state index in [1.54, 1.807) is 6.20 Å². The van der Waals surface area contributed by atoms with Gasteiger partial charge >= 0.3 is 5.97 Å². The first-order valence-corrected chi connectivity index (χ1v) is 6.17. The van der Waals surface area contributed by atoms with Crippen LogP contribution in [0.1, 0.15) is 32.9 Å². The van der Waals surface area contributed by atoms with Crippen LogP contribution in [-0.2, 0) is 20.7 Å². The van der Waals surface area contributed by atoms with Crippen molar-refractivity contribution in [3.8, 4) is 0 Å². The maximum Gasteiger partial charge on any atom is 0.308 e. The second kappa shape index (κ2) is 7.11. The zero-order chi connectivity index (χ0) is 13.4. The van der Waals surface area contributed by atoms with Crippen molar-refractivity contribution in [3.63, 3.8) is 0 Å². The lowest BCUT2D eigenvalue weighted by atomic mass is 10.2. The second-order valence-corrected chi connectivity index (χ2v) is 5.02. The van der Waals surface area contributed by atoms with Crippen LogP contribution in [0.25, 0.3) is 0 Å². The molecule has 0 saturated heterocycles. The Balaban J connectivity index is 2.07. The lowest BCUT2D eigenvalue weighted by molar-refractivity contribution is -0.156. The minimum absolute atomic E-state index is 0.222. The van der Waals surface area contributed by atoms with E-state index < -0.39 is 5.60 Å². The van der Waals surface area contributed by atoms with Gasteiger partial charge in [0.15, 0.2) is 0 Å². The molecule has 100 valence electrons. The van der Waals surface area contributed by atoms with Crippen molar-refractivity contribution >= 4 is 5.97 Å². The SMILES string of the molecule is CC(C)(C)OC(=O)CCOCCc1ccccn1. The first kappa shape index (κ1) is 14.6. The predicted octanol–water partition coefficient (Wildman–Crippen LogP) is 2.37. The van der Waals surface area contributed by atoms with E-state index in [1.807, 2.05) is 39.0 Å². The fraction of sp³-hybridized carbons (Fsp3) is 0.571. The number of esters is 1. The normalized spacial score (nSPS) is 11.3. The Morgan fingerprint density at radius 3 is 2.67 bits per heavy atom. The molecule has 1 rings (SSSR count). The van der Waals surface area contributed by atoms with Gasteiger partial charge in [0.25, 0.3) is 0 Å². The quantitative estimate of drug-likeness (QED) is 0.575. The number of rotatable bonds is 6. The standard InChI is InChI=1S/C14H21NO3/c1-14(2,3)18-13(16)8-11-17-10-7-12-6-4-5-9-15-12/h4-6,9H,7-8,10-11H2,1-3H3. The van der Waals surface area contributed by atoms with Gasteiger partial charge in [0, 0.05) is 18.3 Å². The summed E-state index contributed by atoms with van der Waals surface area (Å²) in [4.78, 5) is 15.6. The molecule has 1 aromatic rings. The summed E-state index contributed by atoms with van der Waals surface area (Å²) in [6, 6.07) is 5.78. The van der Waals surface area contributed by atoms with Crippen molar-refractivity contribution in [2.75, 3.05) is 13.2 Å². The van der Waals surface area contributed by atoms with Crippen LogP contribution in [0.2, 0.25) is 0 Å². The van der Waals surface area contributed by atoms with Crippen LogP contribution in [0.15, 0.2) is 24.4 Å². The van der Waals surface area contributed by atoms with Crippen LogP contribution >= 0.6 is 0 Å². The van der Waals surface area contributed by atoms with E-state index in [-0.39, 0.29) is 5.97 Å². The van der Waals surface area contributed by atoms with Gasteiger partial charge in [-0.3, -0.25) is 9.78 Å². The molecule has 0 bridgehead atoms. The van der Waals surface area contributed by atoms with Crippen LogP contribution in [0, 0.1) is 0 Å². The van der Waals surface area contributed by atoms with Gasteiger partial charge in [-0.1, -0.05) is 6.07 Å². The molecule has 0 aromatic carbocycles. The maximum absolute atomic E-state index is 11.4. The molecule has 0 spiro atoms. The highest BCUT2D eigenvalue weighted by Gasteiger charge is 2.15. The van der Waals surface area contributed by atoms with Gasteiger partial charge in [-0.2, -0.15) is 0 Å². The van der Waals surface area contributed by atoms with E-state index in [2.05, 4.69) is 4.98 Å². The minimum atomic E-state index is -0.426. The number of nitrogens with zero attached hydrogens (tertiary/aromatic N) is 1. The zero-order valence-electron chi connectivity index (χ0n) is 11.3. The van der Waals surface area contributed by atoms with E-state index in [4.69, 9.17) is 9.47 Å². The van der Waals surface area contributed by atoms with Crippen LogP contribution < -0.4 is 0 Å². The summed E-state index contributed by atoms with van der Waals surface area (Å²) in [6.45, 7) is 6.52. The summed E-state index contributed by atoms with van der Waals surface area (Å²) in [5.74, 6) is -0.222. The number of carbonyl (C=O) groups excluding carboxylic acids is 1. The Bertz CT molecular complexity index is 357. The molecule has 0 fully saturated rings. The van der Waals surface area contributed by atoms with Gasteiger partial charge in [-0.25, -0.2) is 0 Å². The molecule has 1 aromatic heterocycles. The first-order chi connectivity index (χ1) is 8.47. The molecule has 4 heteroatoms. The molecular formula is C14H21NO3. The molecule has 0 N–H and O–H groups in total. The number of ether oxygens (including phenoxy) is 2. The molecule has 0 aliphatic heterocycles. The molecule has 1 heterocycles. The summed E-state index contributed by atoms with van der Waals surface area (Å²) < 4.78 is 10.6. The summed E-state index contributed by atoms with van der Waals surface area (Å²) in [5, 5.41) is 0. The van der Waals surface area contributed by atoms with E-state index in [9.17, 15) is 4.79 Å². The summed E-state index contributed by atoms with van der Waals surface area (Å²) >= 11 is 0. The number of hydrogen-bond donors (Lipinski definition) is 0. The monoisotopic (exact) mass is 251 g/mol. The minimum Gasteiger partial charge on any atom is -0.460 e. The summed E-state index contributed by atoms with van der Waals surface area (Å²) in [5.41, 5.74) is 0.570. The van der Waals surface area contributed by atoms with Crippen LogP contribution in [0.4, 0.5) is 0 Å². The third kappa shape index (κ3) is 7.01. The van der Waals surface area contributed by atoms with Gasteiger partial charge < -0.3 is 9.47 Å². The highest BCUT2D eigenvalue weighted by molar-refractivity contribution is 5.69. The highest BCUT2D eigenvalue weighted by Crippen LogP contribution is 2.08. The molecule has 0 atom stereocenters. The van der Waals surface area contributed by atoms with Gasteiger partial charge in [-0.15, -0.1) is 0 Å². The molecule has 4 nitrogen and oxygen atoms in total. The Morgan fingerprint density at radius 1 is 1.28 bits per heavy atom. The smallest absolute Gasteiger partial charge is 0.308 e. The summed E-state index contributed by atoms with van der Waals surface area (Å²) in [6.07, 6.45) is 2.81. The molecule has 0 aliphatic rings. The molecular weight excluding hydrogens is 230 g/mol. The third-order valence-electron chi connectivity index (χ3n) is 2.10. The molecule has 18 heavy (non-hydrogen) atoms. The largest absolute Gasteiger partial charge is 0.460 e. The Labute approximate surface area is 108 Å². The lowest BCUT2D eigenvalue weighted by Crippen LogP contribution is -2.24. The van der Waals surface area contributed by atoms with Gasteiger partial charge in [0.1, 0.15) is 5.60 Å². The van der Waals surface area contributed by atoms with E-state index >= 15 is 0 Å². The predicted molar refractivity (Wildman–Crippen MR) is 69.2 cm³/mol. The molecule has 0 aliphatic carbocycles. The van der Waals surface area contributed by atoms with Crippen molar-refractivity contribution in [2.24, 2.45) is 0 Å². The van der Waals surface area contributed by atoms with E-state index in [0.717, 1.165) is 12.1 Å². The molecule has 0 radical (unpaired) electrons. The van der Waals surface area contributed by atoms with Crippen molar-refractivity contribution in [1.82, 2.24) is 4.98 Å². The average Bonchev–Trinajstić information content (AvgIpc) is 2.27. The second-order valence-electron chi connectivity index (χ2n) is 5.02. The van der Waals surface area contributed by atoms with Crippen molar-refractivity contribution in [2.45, 2.75) is 39.2 Å². The zero-order valence-corrected chi connectivity index (χ0v) is 11.3. The van der Waals surface area contributed by atoms with Gasteiger partial charge in [0.2, 0.25) is 0 Å². The maximum atomic E-state index is 11.4. The van der Waals surface area contributed by atoms with Crippen molar-refractivity contribution < 1.29 is 14.3 Å². The Kier molecular flexibility index (Phi) is 5.78. The number of hydrogen-bond acceptors (Lipinski definition) is 4. The number of aromatic nitrogens is 1. The topological polar surface area (TPSA) is 48.4 Å². The first-order valence-electron chi connectivity index (χ1n) is 6.17.